The molecule has 1 fully saturated rings. The molecule has 0 atom stereocenters. The molecular weight excluding hydrogens is 376 g/mol. The highest BCUT2D eigenvalue weighted by atomic mass is 19.2. The molecule has 2 aromatic rings. The average Bonchev–Trinajstić information content (AvgIpc) is 2.74. The largest absolute Gasteiger partial charge is 0.203 e. The number of rotatable bonds is 6. The Labute approximate surface area is 170 Å². The summed E-state index contributed by atoms with van der Waals surface area (Å²) in [6.07, 6.45) is 9.49. The lowest BCUT2D eigenvalue weighted by molar-refractivity contribution is 0.312. The Kier molecular flexibility index (Phi) is 7.15. The fourth-order valence-electron chi connectivity index (χ4n) is 4.30. The summed E-state index contributed by atoms with van der Waals surface area (Å²) in [5.74, 6) is -3.54. The Hall–Kier alpha value is -2.10. The lowest BCUT2D eigenvalue weighted by atomic mass is 9.77. The molecule has 0 aliphatic heterocycles. The van der Waals surface area contributed by atoms with Crippen molar-refractivity contribution < 1.29 is 17.6 Å². The standard InChI is InChI=1S/C25H28F4/c1-3-5-6-7-18-12-13-20(24(28)22(18)26)21-15-14-19(23(27)25(21)29)17-10-8-16(4-2)9-11-17/h5-6,12-17H,3-4,7-11H2,1-2H3/b6-5-. The van der Waals surface area contributed by atoms with Crippen LogP contribution in [0.3, 0.4) is 0 Å². The van der Waals surface area contributed by atoms with E-state index in [1.165, 1.54) is 18.2 Å². The molecule has 0 heterocycles. The van der Waals surface area contributed by atoms with E-state index in [9.17, 15) is 17.6 Å². The number of benzene rings is 2. The minimum atomic E-state index is -1.14. The molecule has 0 aromatic heterocycles. The first-order valence-electron chi connectivity index (χ1n) is 10.6. The van der Waals surface area contributed by atoms with E-state index in [0.29, 0.717) is 11.5 Å². The Morgan fingerprint density at radius 3 is 2.00 bits per heavy atom. The van der Waals surface area contributed by atoms with Crippen molar-refractivity contribution in [1.82, 2.24) is 0 Å². The van der Waals surface area contributed by atoms with Crippen LogP contribution in [0, 0.1) is 29.2 Å². The quantitative estimate of drug-likeness (QED) is 0.337. The van der Waals surface area contributed by atoms with Crippen molar-refractivity contribution in [3.05, 3.63) is 70.8 Å². The van der Waals surface area contributed by atoms with Gasteiger partial charge in [0.05, 0.1) is 0 Å². The molecule has 0 spiro atoms. The number of hydrogen-bond donors (Lipinski definition) is 0. The Balaban J connectivity index is 1.89. The van der Waals surface area contributed by atoms with E-state index in [1.807, 2.05) is 13.0 Å². The van der Waals surface area contributed by atoms with Crippen molar-refractivity contribution in [3.63, 3.8) is 0 Å². The summed E-state index contributed by atoms with van der Waals surface area (Å²) < 4.78 is 58.7. The van der Waals surface area contributed by atoms with Gasteiger partial charge in [0, 0.05) is 11.1 Å². The van der Waals surface area contributed by atoms with Crippen molar-refractivity contribution in [2.24, 2.45) is 5.92 Å². The van der Waals surface area contributed by atoms with Gasteiger partial charge in [0.1, 0.15) is 0 Å². The second kappa shape index (κ2) is 9.60. The van der Waals surface area contributed by atoms with Gasteiger partial charge in [0.25, 0.3) is 0 Å². The van der Waals surface area contributed by atoms with Gasteiger partial charge in [-0.1, -0.05) is 56.7 Å². The van der Waals surface area contributed by atoms with Crippen LogP contribution in [-0.2, 0) is 6.42 Å². The third kappa shape index (κ3) is 4.57. The maximum absolute atomic E-state index is 14.8. The maximum Gasteiger partial charge on any atom is 0.167 e. The molecule has 0 radical (unpaired) electrons. The Bertz CT molecular complexity index is 877. The molecule has 0 bridgehead atoms. The van der Waals surface area contributed by atoms with E-state index >= 15 is 0 Å². The number of allylic oxidation sites excluding steroid dienone is 2. The first-order chi connectivity index (χ1) is 14.0. The first kappa shape index (κ1) is 21.6. The normalized spacial score (nSPS) is 19.8. The second-order valence-corrected chi connectivity index (χ2v) is 7.94. The molecule has 0 saturated heterocycles. The average molecular weight is 404 g/mol. The predicted molar refractivity (Wildman–Crippen MR) is 110 cm³/mol. The number of hydrogen-bond acceptors (Lipinski definition) is 0. The Morgan fingerprint density at radius 2 is 1.38 bits per heavy atom. The molecular formula is C25H28F4. The highest BCUT2D eigenvalue weighted by Gasteiger charge is 2.27. The van der Waals surface area contributed by atoms with Crippen molar-refractivity contribution >= 4 is 0 Å². The maximum atomic E-state index is 14.8. The van der Waals surface area contributed by atoms with Crippen molar-refractivity contribution in [1.29, 1.82) is 0 Å². The van der Waals surface area contributed by atoms with Gasteiger partial charge in [-0.15, -0.1) is 0 Å². The molecule has 0 unspecified atom stereocenters. The first-order valence-corrected chi connectivity index (χ1v) is 10.6. The fourth-order valence-corrected chi connectivity index (χ4v) is 4.30. The molecule has 3 rings (SSSR count). The van der Waals surface area contributed by atoms with E-state index in [2.05, 4.69) is 6.92 Å². The van der Waals surface area contributed by atoms with Crippen LogP contribution in [0.5, 0.6) is 0 Å². The summed E-state index contributed by atoms with van der Waals surface area (Å²) in [6, 6.07) is 5.69. The topological polar surface area (TPSA) is 0 Å². The zero-order chi connectivity index (χ0) is 21.0. The van der Waals surface area contributed by atoms with Crippen LogP contribution in [0.2, 0.25) is 0 Å². The van der Waals surface area contributed by atoms with Crippen LogP contribution in [0.15, 0.2) is 36.4 Å². The number of halogens is 4. The molecule has 1 aliphatic carbocycles. The summed E-state index contributed by atoms with van der Waals surface area (Å²) in [5, 5.41) is 0. The van der Waals surface area contributed by atoms with Crippen molar-refractivity contribution in [3.8, 4) is 11.1 Å². The monoisotopic (exact) mass is 404 g/mol. The van der Waals surface area contributed by atoms with Crippen LogP contribution >= 0.6 is 0 Å². The van der Waals surface area contributed by atoms with Crippen LogP contribution in [0.4, 0.5) is 17.6 Å². The van der Waals surface area contributed by atoms with Crippen LogP contribution in [0.1, 0.15) is 69.4 Å². The minimum Gasteiger partial charge on any atom is -0.203 e. The van der Waals surface area contributed by atoms with E-state index in [-0.39, 0.29) is 29.0 Å². The van der Waals surface area contributed by atoms with Crippen molar-refractivity contribution in [2.75, 3.05) is 0 Å². The molecule has 1 saturated carbocycles. The summed E-state index contributed by atoms with van der Waals surface area (Å²) in [5.41, 5.74) is 0.0630. The van der Waals surface area contributed by atoms with Gasteiger partial charge in [-0.25, -0.2) is 17.6 Å². The zero-order valence-electron chi connectivity index (χ0n) is 17.1. The van der Waals surface area contributed by atoms with Gasteiger partial charge in [0.2, 0.25) is 0 Å². The molecule has 1 aliphatic rings. The molecule has 156 valence electrons. The summed E-state index contributed by atoms with van der Waals surface area (Å²) in [6.45, 7) is 4.10. The van der Waals surface area contributed by atoms with Gasteiger partial charge < -0.3 is 0 Å². The van der Waals surface area contributed by atoms with Gasteiger partial charge in [-0.2, -0.15) is 0 Å². The summed E-state index contributed by atoms with van der Waals surface area (Å²) in [7, 11) is 0. The third-order valence-corrected chi connectivity index (χ3v) is 6.17. The highest BCUT2D eigenvalue weighted by Crippen LogP contribution is 2.40. The lowest BCUT2D eigenvalue weighted by Gasteiger charge is -2.28. The molecule has 0 amide bonds. The van der Waals surface area contributed by atoms with E-state index in [1.54, 1.807) is 12.1 Å². The van der Waals surface area contributed by atoms with Gasteiger partial charge in [-0.3, -0.25) is 0 Å². The van der Waals surface area contributed by atoms with E-state index < -0.39 is 23.3 Å². The van der Waals surface area contributed by atoms with Crippen LogP contribution < -0.4 is 0 Å². The zero-order valence-corrected chi connectivity index (χ0v) is 17.1. The smallest absolute Gasteiger partial charge is 0.167 e. The molecule has 29 heavy (non-hydrogen) atoms. The summed E-state index contributed by atoms with van der Waals surface area (Å²) in [4.78, 5) is 0. The highest BCUT2D eigenvalue weighted by molar-refractivity contribution is 5.66. The van der Waals surface area contributed by atoms with E-state index in [0.717, 1.165) is 38.5 Å². The predicted octanol–water partition coefficient (Wildman–Crippen LogP) is 8.10. The van der Waals surface area contributed by atoms with Crippen LogP contribution in [-0.4, -0.2) is 0 Å². The van der Waals surface area contributed by atoms with Gasteiger partial charge >= 0.3 is 0 Å². The Morgan fingerprint density at radius 1 is 0.759 bits per heavy atom. The molecule has 0 N–H and O–H groups in total. The van der Waals surface area contributed by atoms with Crippen molar-refractivity contribution in [2.45, 2.75) is 64.7 Å². The lowest BCUT2D eigenvalue weighted by Crippen LogP contribution is -2.14. The minimum absolute atomic E-state index is 0.0179. The van der Waals surface area contributed by atoms with Crippen LogP contribution in [0.25, 0.3) is 11.1 Å². The van der Waals surface area contributed by atoms with E-state index in [4.69, 9.17) is 0 Å². The van der Waals surface area contributed by atoms with Gasteiger partial charge in [0.15, 0.2) is 23.3 Å². The molecule has 0 nitrogen and oxygen atoms in total. The molecule has 2 aromatic carbocycles. The molecule has 4 heteroatoms. The third-order valence-electron chi connectivity index (χ3n) is 6.17. The fraction of sp³-hybridized carbons (Fsp3) is 0.440. The van der Waals surface area contributed by atoms with Gasteiger partial charge in [-0.05, 0) is 61.5 Å². The SMILES string of the molecule is CC/C=C\Cc1ccc(-c2ccc(C3CCC(CC)CC3)c(F)c2F)c(F)c1F. The second-order valence-electron chi connectivity index (χ2n) is 7.94. The summed E-state index contributed by atoms with van der Waals surface area (Å²) >= 11 is 0.